The summed E-state index contributed by atoms with van der Waals surface area (Å²) >= 11 is 1.63. The van der Waals surface area contributed by atoms with Gasteiger partial charge in [-0.2, -0.15) is 0 Å². The molecule has 0 saturated carbocycles. The van der Waals surface area contributed by atoms with Crippen molar-refractivity contribution in [1.82, 2.24) is 15.0 Å². The number of nitrogens with two attached hydrogens (primary N) is 1. The topological polar surface area (TPSA) is 110 Å². The summed E-state index contributed by atoms with van der Waals surface area (Å²) in [5, 5.41) is 6.07. The lowest BCUT2D eigenvalue weighted by atomic mass is 9.93. The second kappa shape index (κ2) is 9.21. The van der Waals surface area contributed by atoms with Crippen LogP contribution in [-0.4, -0.2) is 58.9 Å². The predicted octanol–water partition coefficient (Wildman–Crippen LogP) is 2.66. The van der Waals surface area contributed by atoms with Crippen LogP contribution in [-0.2, 0) is 11.2 Å². The first-order valence-electron chi connectivity index (χ1n) is 10.9. The minimum absolute atomic E-state index is 0.0829. The Morgan fingerprint density at radius 2 is 1.90 bits per heavy atom. The average molecular weight is 445 g/mol. The molecule has 31 heavy (non-hydrogen) atoms. The molecule has 2 aliphatic rings. The number of hydrogen-bond acceptors (Lipinski definition) is 6. The molecule has 2 fully saturated rings. The maximum absolute atomic E-state index is 12.8. The molecular weight excluding hydrogens is 416 g/mol. The third kappa shape index (κ3) is 4.66. The number of carbonyl (C=O) groups excluding carboxylic acids is 3. The lowest BCUT2D eigenvalue weighted by Crippen LogP contribution is -2.44. The molecule has 2 N–H and O–H groups in total. The Labute approximate surface area is 185 Å². The Morgan fingerprint density at radius 3 is 2.58 bits per heavy atom. The molecule has 3 amide bonds. The van der Waals surface area contributed by atoms with Crippen LogP contribution in [0.5, 0.6) is 0 Å². The van der Waals surface area contributed by atoms with Gasteiger partial charge in [0, 0.05) is 48.4 Å². The molecule has 2 saturated heterocycles. The van der Waals surface area contributed by atoms with E-state index in [4.69, 9.17) is 10.3 Å². The quantitative estimate of drug-likeness (QED) is 0.762. The number of rotatable bonds is 5. The largest absolute Gasteiger partial charge is 0.369 e. The molecule has 0 aliphatic carbocycles. The van der Waals surface area contributed by atoms with Gasteiger partial charge in [-0.15, -0.1) is 11.3 Å². The standard InChI is InChI=1S/C22H28N4O4S/c1-2-17-10-16(13-31-17)21(28)25-8-5-14(6-9-25)18-11-19(30-24-18)22(29)26-7-3-4-15(12-26)20(23)27/h10-11,13-15H,2-9,12H2,1H3,(H2,23,27). The summed E-state index contributed by atoms with van der Waals surface area (Å²) in [4.78, 5) is 41.7. The lowest BCUT2D eigenvalue weighted by molar-refractivity contribution is -0.123. The molecule has 1 unspecified atom stereocenters. The van der Waals surface area contributed by atoms with Gasteiger partial charge in [-0.1, -0.05) is 12.1 Å². The van der Waals surface area contributed by atoms with Crippen molar-refractivity contribution in [2.45, 2.75) is 44.9 Å². The fourth-order valence-electron chi connectivity index (χ4n) is 4.37. The van der Waals surface area contributed by atoms with Gasteiger partial charge in [0.05, 0.1) is 17.2 Å². The van der Waals surface area contributed by atoms with Gasteiger partial charge in [-0.05, 0) is 38.2 Å². The highest BCUT2D eigenvalue weighted by molar-refractivity contribution is 7.10. The number of aromatic nitrogens is 1. The van der Waals surface area contributed by atoms with E-state index in [0.29, 0.717) is 32.6 Å². The Bertz CT molecular complexity index is 960. The molecule has 0 aromatic carbocycles. The van der Waals surface area contributed by atoms with Crippen molar-refractivity contribution in [3.05, 3.63) is 39.4 Å². The first-order valence-corrected chi connectivity index (χ1v) is 11.8. The maximum atomic E-state index is 12.8. The summed E-state index contributed by atoms with van der Waals surface area (Å²) in [5.41, 5.74) is 6.93. The van der Waals surface area contributed by atoms with Crippen LogP contribution in [0.4, 0.5) is 0 Å². The van der Waals surface area contributed by atoms with E-state index in [2.05, 4.69) is 12.1 Å². The van der Waals surface area contributed by atoms with Crippen LogP contribution in [0.25, 0.3) is 0 Å². The fraction of sp³-hybridized carbons (Fsp3) is 0.545. The van der Waals surface area contributed by atoms with Crippen molar-refractivity contribution in [2.24, 2.45) is 11.7 Å². The van der Waals surface area contributed by atoms with E-state index in [-0.39, 0.29) is 35.3 Å². The summed E-state index contributed by atoms with van der Waals surface area (Å²) in [5.74, 6) is -0.489. The SMILES string of the molecule is CCc1cc(C(=O)N2CCC(c3cc(C(=O)N4CCCC(C(N)=O)C4)on3)CC2)cs1. The number of primary amides is 1. The monoisotopic (exact) mass is 444 g/mol. The third-order valence-electron chi connectivity index (χ3n) is 6.30. The van der Waals surface area contributed by atoms with Crippen LogP contribution in [0.1, 0.15) is 70.0 Å². The molecule has 166 valence electrons. The lowest BCUT2D eigenvalue weighted by Gasteiger charge is -2.31. The number of likely N-dealkylation sites (tertiary alicyclic amines) is 2. The van der Waals surface area contributed by atoms with Gasteiger partial charge < -0.3 is 20.1 Å². The maximum Gasteiger partial charge on any atom is 0.292 e. The second-order valence-corrected chi connectivity index (χ2v) is 9.33. The highest BCUT2D eigenvalue weighted by atomic mass is 32.1. The smallest absolute Gasteiger partial charge is 0.292 e. The number of nitrogens with zero attached hydrogens (tertiary/aromatic N) is 3. The number of aryl methyl sites for hydroxylation is 1. The van der Waals surface area contributed by atoms with Gasteiger partial charge in [0.2, 0.25) is 11.7 Å². The minimum Gasteiger partial charge on any atom is -0.369 e. The molecule has 0 spiro atoms. The zero-order chi connectivity index (χ0) is 22.0. The molecule has 4 heterocycles. The molecule has 0 bridgehead atoms. The van der Waals surface area contributed by atoms with Gasteiger partial charge >= 0.3 is 0 Å². The Morgan fingerprint density at radius 1 is 1.13 bits per heavy atom. The summed E-state index contributed by atoms with van der Waals surface area (Å²) in [6.45, 7) is 4.31. The third-order valence-corrected chi connectivity index (χ3v) is 7.38. The molecule has 0 radical (unpaired) electrons. The Balaban J connectivity index is 1.34. The minimum atomic E-state index is -0.370. The van der Waals surface area contributed by atoms with Crippen LogP contribution in [0.15, 0.2) is 22.0 Å². The first-order chi connectivity index (χ1) is 15.0. The van der Waals surface area contributed by atoms with Crippen molar-refractivity contribution < 1.29 is 18.9 Å². The van der Waals surface area contributed by atoms with Gasteiger partial charge in [0.25, 0.3) is 11.8 Å². The van der Waals surface area contributed by atoms with Gasteiger partial charge in [-0.25, -0.2) is 0 Å². The van der Waals surface area contributed by atoms with Crippen LogP contribution in [0, 0.1) is 5.92 Å². The number of piperidine rings is 2. The van der Waals surface area contributed by atoms with Crippen LogP contribution in [0.3, 0.4) is 0 Å². The molecule has 8 nitrogen and oxygen atoms in total. The second-order valence-electron chi connectivity index (χ2n) is 8.33. The van der Waals surface area contributed by atoms with Gasteiger partial charge in [0.1, 0.15) is 0 Å². The molecular formula is C22H28N4O4S. The predicted molar refractivity (Wildman–Crippen MR) is 116 cm³/mol. The summed E-state index contributed by atoms with van der Waals surface area (Å²) in [6, 6.07) is 3.70. The first kappa shape index (κ1) is 21.5. The van der Waals surface area contributed by atoms with E-state index >= 15 is 0 Å². The van der Waals surface area contributed by atoms with Crippen molar-refractivity contribution in [1.29, 1.82) is 0 Å². The zero-order valence-corrected chi connectivity index (χ0v) is 18.5. The zero-order valence-electron chi connectivity index (χ0n) is 17.7. The average Bonchev–Trinajstić information content (AvgIpc) is 3.48. The van der Waals surface area contributed by atoms with Crippen LogP contribution >= 0.6 is 11.3 Å². The van der Waals surface area contributed by atoms with Crippen LogP contribution < -0.4 is 5.73 Å². The van der Waals surface area contributed by atoms with E-state index in [0.717, 1.165) is 36.9 Å². The Kier molecular flexibility index (Phi) is 6.41. The number of carbonyl (C=O) groups is 3. The number of amides is 3. The molecule has 4 rings (SSSR count). The highest BCUT2D eigenvalue weighted by Crippen LogP contribution is 2.29. The van der Waals surface area contributed by atoms with E-state index < -0.39 is 0 Å². The van der Waals surface area contributed by atoms with E-state index in [1.807, 2.05) is 16.3 Å². The number of hydrogen-bond donors (Lipinski definition) is 1. The van der Waals surface area contributed by atoms with Crippen LogP contribution in [0.2, 0.25) is 0 Å². The van der Waals surface area contributed by atoms with Gasteiger partial charge in [0.15, 0.2) is 0 Å². The van der Waals surface area contributed by atoms with Gasteiger partial charge in [-0.3, -0.25) is 14.4 Å². The van der Waals surface area contributed by atoms with Crippen molar-refractivity contribution in [3.63, 3.8) is 0 Å². The van der Waals surface area contributed by atoms with Crippen molar-refractivity contribution in [3.8, 4) is 0 Å². The molecule has 2 aromatic rings. The number of thiophene rings is 1. The van der Waals surface area contributed by atoms with E-state index in [1.54, 1.807) is 22.3 Å². The highest BCUT2D eigenvalue weighted by Gasteiger charge is 2.31. The normalized spacial score (nSPS) is 20.1. The molecule has 9 heteroatoms. The summed E-state index contributed by atoms with van der Waals surface area (Å²) in [6.07, 6.45) is 3.96. The van der Waals surface area contributed by atoms with E-state index in [9.17, 15) is 14.4 Å². The summed E-state index contributed by atoms with van der Waals surface area (Å²) < 4.78 is 5.35. The van der Waals surface area contributed by atoms with Crippen molar-refractivity contribution >= 4 is 29.1 Å². The summed E-state index contributed by atoms with van der Waals surface area (Å²) in [7, 11) is 0. The Hall–Kier alpha value is -2.68. The van der Waals surface area contributed by atoms with E-state index in [1.165, 1.54) is 4.88 Å². The fourth-order valence-corrected chi connectivity index (χ4v) is 5.18. The molecule has 2 aliphatic heterocycles. The molecule has 2 aromatic heterocycles. The van der Waals surface area contributed by atoms with Crippen molar-refractivity contribution in [2.75, 3.05) is 26.2 Å². The molecule has 1 atom stereocenters.